The first-order chi connectivity index (χ1) is 7.19. The summed E-state index contributed by atoms with van der Waals surface area (Å²) >= 11 is 1.74. The van der Waals surface area contributed by atoms with Gasteiger partial charge in [0.25, 0.3) is 0 Å². The number of rotatable bonds is 3. The summed E-state index contributed by atoms with van der Waals surface area (Å²) in [6.45, 7) is 4.33. The molecule has 2 heteroatoms. The summed E-state index contributed by atoms with van der Waals surface area (Å²) < 4.78 is 0. The Morgan fingerprint density at radius 2 is 2.13 bits per heavy atom. The van der Waals surface area contributed by atoms with Crippen LogP contribution in [0.25, 0.3) is 0 Å². The Balaban J connectivity index is 2.26. The lowest BCUT2D eigenvalue weighted by Gasteiger charge is -2.33. The molecule has 0 radical (unpaired) electrons. The van der Waals surface area contributed by atoms with Crippen molar-refractivity contribution >= 4 is 11.3 Å². The topological polar surface area (TPSA) is 20.2 Å². The van der Waals surface area contributed by atoms with Crippen LogP contribution in [0.5, 0.6) is 0 Å². The fraction of sp³-hybridized carbons (Fsp3) is 0.692. The molecule has 0 bridgehead atoms. The molecular weight excluding hydrogens is 204 g/mol. The van der Waals surface area contributed by atoms with Crippen molar-refractivity contribution in [2.75, 3.05) is 0 Å². The van der Waals surface area contributed by atoms with E-state index < -0.39 is 0 Å². The van der Waals surface area contributed by atoms with E-state index in [4.69, 9.17) is 0 Å². The number of thiophene rings is 1. The van der Waals surface area contributed by atoms with E-state index in [9.17, 15) is 5.11 Å². The molecule has 1 saturated carbocycles. The molecule has 2 rings (SSSR count). The van der Waals surface area contributed by atoms with Crippen LogP contribution in [0.15, 0.2) is 11.4 Å². The third kappa shape index (κ3) is 1.85. The highest BCUT2D eigenvalue weighted by atomic mass is 32.1. The zero-order valence-corrected chi connectivity index (χ0v) is 10.4. The summed E-state index contributed by atoms with van der Waals surface area (Å²) in [6, 6.07) is 2.10. The standard InChI is InChI=1S/C13H20OS/c1-3-13(7-4-5-8-13)12(14)11-6-9-15-10(11)2/h6,9,12,14H,3-5,7-8H2,1-2H3. The first-order valence-corrected chi connectivity index (χ1v) is 6.79. The summed E-state index contributed by atoms with van der Waals surface area (Å²) in [5.74, 6) is 0. The molecule has 0 aromatic carbocycles. The zero-order valence-electron chi connectivity index (χ0n) is 9.62. The molecule has 0 amide bonds. The van der Waals surface area contributed by atoms with Gasteiger partial charge in [0.2, 0.25) is 0 Å². The van der Waals surface area contributed by atoms with Crippen molar-refractivity contribution in [1.29, 1.82) is 0 Å². The van der Waals surface area contributed by atoms with Gasteiger partial charge in [-0.3, -0.25) is 0 Å². The molecule has 1 aliphatic carbocycles. The number of aliphatic hydroxyl groups is 1. The Morgan fingerprint density at radius 3 is 2.60 bits per heavy atom. The van der Waals surface area contributed by atoms with Crippen molar-refractivity contribution in [1.82, 2.24) is 0 Å². The molecule has 1 aliphatic rings. The third-order valence-electron chi connectivity index (χ3n) is 4.08. The molecule has 1 atom stereocenters. The van der Waals surface area contributed by atoms with Gasteiger partial charge in [-0.05, 0) is 43.2 Å². The van der Waals surface area contributed by atoms with Crippen molar-refractivity contribution in [2.45, 2.75) is 52.1 Å². The van der Waals surface area contributed by atoms with E-state index in [1.165, 1.54) is 36.1 Å². The second-order valence-electron chi connectivity index (χ2n) is 4.76. The van der Waals surface area contributed by atoms with Crippen LogP contribution in [-0.2, 0) is 0 Å². The number of hydrogen-bond donors (Lipinski definition) is 1. The van der Waals surface area contributed by atoms with Gasteiger partial charge < -0.3 is 5.11 Å². The van der Waals surface area contributed by atoms with Crippen molar-refractivity contribution in [3.63, 3.8) is 0 Å². The average Bonchev–Trinajstić information content (AvgIpc) is 2.86. The van der Waals surface area contributed by atoms with E-state index >= 15 is 0 Å². The summed E-state index contributed by atoms with van der Waals surface area (Å²) in [5.41, 5.74) is 1.34. The van der Waals surface area contributed by atoms with Gasteiger partial charge in [-0.15, -0.1) is 11.3 Å². The highest BCUT2D eigenvalue weighted by Gasteiger charge is 2.40. The fourth-order valence-electron chi connectivity index (χ4n) is 2.91. The monoisotopic (exact) mass is 224 g/mol. The SMILES string of the molecule is CCC1(C(O)c2ccsc2C)CCCC1. The van der Waals surface area contributed by atoms with E-state index in [1.54, 1.807) is 11.3 Å². The molecule has 1 N–H and O–H groups in total. The molecule has 15 heavy (non-hydrogen) atoms. The van der Waals surface area contributed by atoms with Gasteiger partial charge in [0.05, 0.1) is 6.10 Å². The molecular formula is C13H20OS. The van der Waals surface area contributed by atoms with E-state index in [0.717, 1.165) is 6.42 Å². The van der Waals surface area contributed by atoms with Crippen LogP contribution in [-0.4, -0.2) is 5.11 Å². The van der Waals surface area contributed by atoms with Crippen molar-refractivity contribution < 1.29 is 5.11 Å². The lowest BCUT2D eigenvalue weighted by Crippen LogP contribution is -2.25. The normalized spacial score (nSPS) is 21.8. The van der Waals surface area contributed by atoms with Crippen LogP contribution in [0, 0.1) is 12.3 Å². The minimum absolute atomic E-state index is 0.172. The first-order valence-electron chi connectivity index (χ1n) is 5.92. The Hall–Kier alpha value is -0.340. The van der Waals surface area contributed by atoms with Gasteiger partial charge in [-0.1, -0.05) is 19.8 Å². The van der Waals surface area contributed by atoms with E-state index in [1.807, 2.05) is 0 Å². The second-order valence-corrected chi connectivity index (χ2v) is 5.88. The molecule has 1 unspecified atom stereocenters. The Labute approximate surface area is 96.1 Å². The van der Waals surface area contributed by atoms with E-state index in [2.05, 4.69) is 25.3 Å². The highest BCUT2D eigenvalue weighted by Crippen LogP contribution is 2.50. The second kappa shape index (κ2) is 4.26. The molecule has 1 aromatic rings. The Bertz CT molecular complexity index is 323. The molecule has 0 saturated heterocycles. The average molecular weight is 224 g/mol. The Morgan fingerprint density at radius 1 is 1.47 bits per heavy atom. The summed E-state index contributed by atoms with van der Waals surface area (Å²) in [5, 5.41) is 12.6. The van der Waals surface area contributed by atoms with Crippen LogP contribution in [0.1, 0.15) is 55.6 Å². The van der Waals surface area contributed by atoms with E-state index in [-0.39, 0.29) is 11.5 Å². The highest BCUT2D eigenvalue weighted by molar-refractivity contribution is 7.10. The third-order valence-corrected chi connectivity index (χ3v) is 4.94. The van der Waals surface area contributed by atoms with Gasteiger partial charge in [0.15, 0.2) is 0 Å². The zero-order chi connectivity index (χ0) is 10.9. The lowest BCUT2D eigenvalue weighted by atomic mass is 9.75. The molecule has 84 valence electrons. The fourth-order valence-corrected chi connectivity index (χ4v) is 3.64. The molecule has 1 nitrogen and oxygen atoms in total. The predicted molar refractivity (Wildman–Crippen MR) is 65.2 cm³/mol. The van der Waals surface area contributed by atoms with Gasteiger partial charge in [0.1, 0.15) is 0 Å². The maximum Gasteiger partial charge on any atom is 0.0856 e. The number of hydrogen-bond acceptors (Lipinski definition) is 2. The first kappa shape index (κ1) is 11.2. The molecule has 1 heterocycles. The molecule has 0 spiro atoms. The number of aryl methyl sites for hydroxylation is 1. The van der Waals surface area contributed by atoms with Crippen LogP contribution in [0.3, 0.4) is 0 Å². The maximum atomic E-state index is 10.5. The Kier molecular flexibility index (Phi) is 3.17. The van der Waals surface area contributed by atoms with Crippen LogP contribution in [0.2, 0.25) is 0 Å². The van der Waals surface area contributed by atoms with Gasteiger partial charge >= 0.3 is 0 Å². The van der Waals surface area contributed by atoms with Gasteiger partial charge in [0, 0.05) is 10.3 Å². The quantitative estimate of drug-likeness (QED) is 0.821. The summed E-state index contributed by atoms with van der Waals surface area (Å²) in [4.78, 5) is 1.28. The predicted octanol–water partition coefficient (Wildman–Crippen LogP) is 4.06. The van der Waals surface area contributed by atoms with Crippen LogP contribution in [0.4, 0.5) is 0 Å². The summed E-state index contributed by atoms with van der Waals surface area (Å²) in [6.07, 6.45) is 5.82. The van der Waals surface area contributed by atoms with Crippen LogP contribution >= 0.6 is 11.3 Å². The lowest BCUT2D eigenvalue weighted by molar-refractivity contribution is 0.0237. The molecule has 0 aliphatic heterocycles. The minimum atomic E-state index is -0.240. The maximum absolute atomic E-state index is 10.5. The van der Waals surface area contributed by atoms with Gasteiger partial charge in [-0.25, -0.2) is 0 Å². The van der Waals surface area contributed by atoms with Crippen molar-refractivity contribution in [3.8, 4) is 0 Å². The van der Waals surface area contributed by atoms with Crippen LogP contribution < -0.4 is 0 Å². The minimum Gasteiger partial charge on any atom is -0.388 e. The molecule has 1 aromatic heterocycles. The molecule has 1 fully saturated rings. The van der Waals surface area contributed by atoms with Gasteiger partial charge in [-0.2, -0.15) is 0 Å². The largest absolute Gasteiger partial charge is 0.388 e. The van der Waals surface area contributed by atoms with E-state index in [0.29, 0.717) is 0 Å². The smallest absolute Gasteiger partial charge is 0.0856 e. The number of aliphatic hydroxyl groups excluding tert-OH is 1. The van der Waals surface area contributed by atoms with Crippen molar-refractivity contribution in [3.05, 3.63) is 21.9 Å². The summed E-state index contributed by atoms with van der Waals surface area (Å²) in [7, 11) is 0. The van der Waals surface area contributed by atoms with Crippen molar-refractivity contribution in [2.24, 2.45) is 5.41 Å².